The topological polar surface area (TPSA) is 39.1 Å². The summed E-state index contributed by atoms with van der Waals surface area (Å²) in [6, 6.07) is 8.61. The standard InChI is InChI=1S/C13H12ClNO2/c1-2-7-15-11-6-4-3-5-9(11)10(13(14)17)8-12(15)16/h3-6,8H,2,7H2,1H3. The third-order valence-electron chi connectivity index (χ3n) is 2.68. The molecule has 0 aliphatic carbocycles. The van der Waals surface area contributed by atoms with Crippen LogP contribution >= 0.6 is 11.6 Å². The summed E-state index contributed by atoms with van der Waals surface area (Å²) >= 11 is 5.50. The lowest BCUT2D eigenvalue weighted by atomic mass is 10.1. The Morgan fingerprint density at radius 2 is 2.06 bits per heavy atom. The highest BCUT2D eigenvalue weighted by Crippen LogP contribution is 2.18. The van der Waals surface area contributed by atoms with Gasteiger partial charge in [0.25, 0.3) is 10.8 Å². The molecule has 0 fully saturated rings. The third-order valence-corrected chi connectivity index (χ3v) is 2.88. The van der Waals surface area contributed by atoms with Crippen molar-refractivity contribution >= 4 is 27.7 Å². The van der Waals surface area contributed by atoms with E-state index in [4.69, 9.17) is 11.6 Å². The molecule has 0 N–H and O–H groups in total. The van der Waals surface area contributed by atoms with Crippen molar-refractivity contribution in [1.82, 2.24) is 4.57 Å². The number of fused-ring (bicyclic) bond motifs is 1. The Morgan fingerprint density at radius 1 is 1.35 bits per heavy atom. The minimum Gasteiger partial charge on any atom is -0.308 e. The van der Waals surface area contributed by atoms with Crippen molar-refractivity contribution in [1.29, 1.82) is 0 Å². The van der Waals surface area contributed by atoms with Gasteiger partial charge < -0.3 is 4.57 Å². The fourth-order valence-corrected chi connectivity index (χ4v) is 2.11. The van der Waals surface area contributed by atoms with Gasteiger partial charge in [-0.25, -0.2) is 0 Å². The second-order valence-electron chi connectivity index (χ2n) is 3.84. The number of pyridine rings is 1. The summed E-state index contributed by atoms with van der Waals surface area (Å²) in [5.41, 5.74) is 0.847. The first-order valence-corrected chi connectivity index (χ1v) is 5.85. The molecule has 0 saturated heterocycles. The van der Waals surface area contributed by atoms with Gasteiger partial charge in [-0.05, 0) is 24.1 Å². The van der Waals surface area contributed by atoms with Crippen LogP contribution in [0.4, 0.5) is 0 Å². The lowest BCUT2D eigenvalue weighted by molar-refractivity contribution is 0.108. The number of para-hydroxylation sites is 1. The Bertz CT molecular complexity index is 631. The highest BCUT2D eigenvalue weighted by atomic mass is 35.5. The lowest BCUT2D eigenvalue weighted by Gasteiger charge is -2.10. The van der Waals surface area contributed by atoms with E-state index in [0.29, 0.717) is 6.54 Å². The van der Waals surface area contributed by atoms with Gasteiger partial charge in [-0.1, -0.05) is 25.1 Å². The molecule has 88 valence electrons. The average Bonchev–Trinajstić information content (AvgIpc) is 2.32. The van der Waals surface area contributed by atoms with Crippen molar-refractivity contribution in [2.45, 2.75) is 19.9 Å². The molecule has 0 unspecified atom stereocenters. The molecule has 0 radical (unpaired) electrons. The smallest absolute Gasteiger partial charge is 0.253 e. The Morgan fingerprint density at radius 3 is 2.71 bits per heavy atom. The van der Waals surface area contributed by atoms with Gasteiger partial charge >= 0.3 is 0 Å². The van der Waals surface area contributed by atoms with Crippen LogP contribution in [0, 0.1) is 0 Å². The van der Waals surface area contributed by atoms with E-state index in [1.165, 1.54) is 6.07 Å². The van der Waals surface area contributed by atoms with Crippen molar-refractivity contribution in [3.63, 3.8) is 0 Å². The second-order valence-corrected chi connectivity index (χ2v) is 4.18. The number of nitrogens with zero attached hydrogens (tertiary/aromatic N) is 1. The first-order chi connectivity index (χ1) is 8.15. The van der Waals surface area contributed by atoms with E-state index in [1.54, 1.807) is 10.6 Å². The zero-order valence-corrected chi connectivity index (χ0v) is 10.2. The van der Waals surface area contributed by atoms with Crippen LogP contribution in [0.5, 0.6) is 0 Å². The largest absolute Gasteiger partial charge is 0.308 e. The highest BCUT2D eigenvalue weighted by Gasteiger charge is 2.11. The van der Waals surface area contributed by atoms with Gasteiger partial charge in [0.1, 0.15) is 0 Å². The molecular formula is C13H12ClNO2. The van der Waals surface area contributed by atoms with Gasteiger partial charge in [0.05, 0.1) is 5.52 Å². The molecule has 17 heavy (non-hydrogen) atoms. The van der Waals surface area contributed by atoms with Crippen LogP contribution in [-0.4, -0.2) is 9.81 Å². The fourth-order valence-electron chi connectivity index (χ4n) is 1.95. The fraction of sp³-hybridized carbons (Fsp3) is 0.231. The minimum absolute atomic E-state index is 0.186. The summed E-state index contributed by atoms with van der Waals surface area (Å²) in [6.45, 7) is 2.64. The summed E-state index contributed by atoms with van der Waals surface area (Å²) in [5, 5.41) is 0.127. The molecule has 0 aliphatic heterocycles. The molecule has 0 saturated carbocycles. The van der Waals surface area contributed by atoms with Gasteiger partial charge in [0.2, 0.25) is 0 Å². The molecule has 0 aliphatic rings. The van der Waals surface area contributed by atoms with Crippen LogP contribution in [0.25, 0.3) is 10.9 Å². The van der Waals surface area contributed by atoms with Gasteiger partial charge in [0.15, 0.2) is 0 Å². The maximum Gasteiger partial charge on any atom is 0.253 e. The van der Waals surface area contributed by atoms with Crippen LogP contribution < -0.4 is 5.56 Å². The molecule has 1 aromatic carbocycles. The maximum absolute atomic E-state index is 11.9. The van der Waals surface area contributed by atoms with Crippen molar-refractivity contribution in [3.8, 4) is 0 Å². The van der Waals surface area contributed by atoms with Crippen LogP contribution in [-0.2, 0) is 6.54 Å². The summed E-state index contributed by atoms with van der Waals surface area (Å²) in [4.78, 5) is 23.2. The lowest BCUT2D eigenvalue weighted by Crippen LogP contribution is -2.21. The number of carbonyl (C=O) groups excluding carboxylic acids is 1. The van der Waals surface area contributed by atoms with Crippen molar-refractivity contribution in [2.24, 2.45) is 0 Å². The molecule has 1 heterocycles. The van der Waals surface area contributed by atoms with E-state index in [9.17, 15) is 9.59 Å². The number of halogens is 1. The molecule has 0 atom stereocenters. The number of rotatable bonds is 3. The summed E-state index contributed by atoms with van der Waals surface area (Å²) in [5.74, 6) is 0. The first kappa shape index (κ1) is 11.9. The van der Waals surface area contributed by atoms with E-state index in [2.05, 4.69) is 0 Å². The number of benzene rings is 1. The SMILES string of the molecule is CCCn1c(=O)cc(C(=O)Cl)c2ccccc21. The quantitative estimate of drug-likeness (QED) is 0.785. The highest BCUT2D eigenvalue weighted by molar-refractivity contribution is 6.68. The predicted molar refractivity (Wildman–Crippen MR) is 68.7 cm³/mol. The Balaban J connectivity index is 2.87. The zero-order chi connectivity index (χ0) is 12.4. The number of hydrogen-bond donors (Lipinski definition) is 0. The van der Waals surface area contributed by atoms with Gasteiger partial charge in [0, 0.05) is 23.6 Å². The van der Waals surface area contributed by atoms with Crippen LogP contribution in [0.1, 0.15) is 23.7 Å². The molecule has 2 rings (SSSR count). The average molecular weight is 250 g/mol. The van der Waals surface area contributed by atoms with Crippen LogP contribution in [0.2, 0.25) is 0 Å². The molecule has 4 heteroatoms. The van der Waals surface area contributed by atoms with Crippen molar-refractivity contribution in [3.05, 3.63) is 46.2 Å². The number of aromatic nitrogens is 1. The molecular weight excluding hydrogens is 238 g/mol. The summed E-state index contributed by atoms with van der Waals surface area (Å²) in [6.07, 6.45) is 0.859. The normalized spacial score (nSPS) is 10.7. The third kappa shape index (κ3) is 2.11. The summed E-state index contributed by atoms with van der Waals surface area (Å²) < 4.78 is 1.67. The molecule has 0 bridgehead atoms. The molecule has 0 amide bonds. The van der Waals surface area contributed by atoms with E-state index >= 15 is 0 Å². The molecule has 1 aromatic heterocycles. The molecule has 0 spiro atoms. The predicted octanol–water partition coefficient (Wildman–Crippen LogP) is 2.79. The van der Waals surface area contributed by atoms with Crippen LogP contribution in [0.15, 0.2) is 35.1 Å². The zero-order valence-electron chi connectivity index (χ0n) is 9.44. The first-order valence-electron chi connectivity index (χ1n) is 5.47. The monoisotopic (exact) mass is 249 g/mol. The van der Waals surface area contributed by atoms with E-state index < -0.39 is 5.24 Å². The summed E-state index contributed by atoms with van der Waals surface area (Å²) in [7, 11) is 0. The minimum atomic E-state index is -0.595. The Hall–Kier alpha value is -1.61. The van der Waals surface area contributed by atoms with Gasteiger partial charge in [-0.3, -0.25) is 9.59 Å². The Labute approximate surface area is 104 Å². The second kappa shape index (κ2) is 4.72. The van der Waals surface area contributed by atoms with E-state index in [1.807, 2.05) is 25.1 Å². The molecule has 2 aromatic rings. The Kier molecular flexibility index (Phi) is 3.29. The van der Waals surface area contributed by atoms with Crippen LogP contribution in [0.3, 0.4) is 0 Å². The number of carbonyl (C=O) groups is 1. The number of aryl methyl sites for hydroxylation is 1. The van der Waals surface area contributed by atoms with E-state index in [-0.39, 0.29) is 11.1 Å². The van der Waals surface area contributed by atoms with Gasteiger partial charge in [-0.15, -0.1) is 0 Å². The molecule has 3 nitrogen and oxygen atoms in total. The van der Waals surface area contributed by atoms with E-state index in [0.717, 1.165) is 17.3 Å². The maximum atomic E-state index is 11.9. The van der Waals surface area contributed by atoms with Crippen molar-refractivity contribution in [2.75, 3.05) is 0 Å². The van der Waals surface area contributed by atoms with Gasteiger partial charge in [-0.2, -0.15) is 0 Å². The van der Waals surface area contributed by atoms with Crippen molar-refractivity contribution < 1.29 is 4.79 Å². The number of hydrogen-bond acceptors (Lipinski definition) is 2.